The number of esters is 3. The van der Waals surface area contributed by atoms with Gasteiger partial charge in [-0.05, 0) is 49.9 Å². The Morgan fingerprint density at radius 2 is 1.62 bits per heavy atom. The van der Waals surface area contributed by atoms with Gasteiger partial charge in [0.25, 0.3) is 0 Å². The molecule has 4 aliphatic carbocycles. The molecule has 0 aromatic heterocycles. The van der Waals surface area contributed by atoms with Crippen LogP contribution in [0.5, 0.6) is 0 Å². The zero-order valence-corrected chi connectivity index (χ0v) is 15.0. The van der Waals surface area contributed by atoms with Crippen LogP contribution in [0.2, 0.25) is 0 Å². The molecule has 146 valence electrons. The van der Waals surface area contributed by atoms with E-state index in [1.807, 2.05) is 0 Å². The van der Waals surface area contributed by atoms with Crippen LogP contribution in [-0.2, 0) is 28.6 Å². The predicted molar refractivity (Wildman–Crippen MR) is 83.8 cm³/mol. The van der Waals surface area contributed by atoms with E-state index in [9.17, 15) is 23.2 Å². The maximum absolute atomic E-state index is 14.0. The van der Waals surface area contributed by atoms with Gasteiger partial charge in [-0.3, -0.25) is 9.59 Å². The summed E-state index contributed by atoms with van der Waals surface area (Å²) < 4.78 is 41.4. The molecule has 0 spiro atoms. The third-order valence-electron chi connectivity index (χ3n) is 5.89. The highest BCUT2D eigenvalue weighted by Crippen LogP contribution is 2.66. The van der Waals surface area contributed by atoms with Gasteiger partial charge in [0.15, 0.2) is 0 Å². The van der Waals surface area contributed by atoms with Gasteiger partial charge in [0.1, 0.15) is 13.2 Å². The van der Waals surface area contributed by atoms with Crippen LogP contribution < -0.4 is 0 Å². The molecule has 6 nitrogen and oxygen atoms in total. The van der Waals surface area contributed by atoms with Crippen molar-refractivity contribution in [1.29, 1.82) is 0 Å². The number of hydrogen-bond donors (Lipinski definition) is 0. The minimum absolute atomic E-state index is 0.0843. The number of ether oxygens (including phenoxy) is 3. The number of hydrogen-bond acceptors (Lipinski definition) is 6. The third kappa shape index (κ3) is 3.42. The molecule has 4 aliphatic rings. The number of rotatable bonds is 7. The number of alkyl halides is 2. The quantitative estimate of drug-likeness (QED) is 0.387. The highest BCUT2D eigenvalue weighted by atomic mass is 19.3. The van der Waals surface area contributed by atoms with Gasteiger partial charge < -0.3 is 14.2 Å². The van der Waals surface area contributed by atoms with Crippen molar-refractivity contribution in [1.82, 2.24) is 0 Å². The van der Waals surface area contributed by atoms with Crippen LogP contribution in [0.1, 0.15) is 46.0 Å². The fraction of sp³-hybridized carbons (Fsp3) is 0.833. The third-order valence-corrected chi connectivity index (χ3v) is 5.89. The van der Waals surface area contributed by atoms with Crippen molar-refractivity contribution in [2.75, 3.05) is 13.2 Å². The predicted octanol–water partition coefficient (Wildman–Crippen LogP) is 2.69. The summed E-state index contributed by atoms with van der Waals surface area (Å²) in [5.41, 5.74) is -0.857. The Morgan fingerprint density at radius 3 is 2.19 bits per heavy atom. The molecule has 2 atom stereocenters. The highest BCUT2D eigenvalue weighted by Gasteiger charge is 2.64. The van der Waals surface area contributed by atoms with Crippen molar-refractivity contribution in [2.45, 2.75) is 52.1 Å². The molecule has 26 heavy (non-hydrogen) atoms. The van der Waals surface area contributed by atoms with Gasteiger partial charge >= 0.3 is 24.0 Å². The second-order valence-electron chi connectivity index (χ2n) is 8.06. The number of carbonyl (C=O) groups excluding carboxylic acids is 3. The maximum Gasteiger partial charge on any atom is 0.504 e. The van der Waals surface area contributed by atoms with E-state index in [1.54, 1.807) is 13.8 Å². The molecule has 4 saturated carbocycles. The Morgan fingerprint density at radius 1 is 1.04 bits per heavy atom. The van der Waals surface area contributed by atoms with Crippen LogP contribution in [0.3, 0.4) is 0 Å². The lowest BCUT2D eigenvalue weighted by Gasteiger charge is -2.31. The van der Waals surface area contributed by atoms with E-state index < -0.39 is 36.0 Å². The average Bonchev–Trinajstić information content (AvgIpc) is 2.96. The summed E-state index contributed by atoms with van der Waals surface area (Å²) >= 11 is 0. The van der Waals surface area contributed by atoms with Crippen LogP contribution in [0.15, 0.2) is 0 Å². The fourth-order valence-electron chi connectivity index (χ4n) is 4.92. The van der Waals surface area contributed by atoms with Crippen molar-refractivity contribution in [3.05, 3.63) is 0 Å². The zero-order chi connectivity index (χ0) is 19.1. The lowest BCUT2D eigenvalue weighted by molar-refractivity contribution is -0.251. The molecule has 4 fully saturated rings. The topological polar surface area (TPSA) is 78.9 Å². The van der Waals surface area contributed by atoms with Crippen molar-refractivity contribution in [3.8, 4) is 0 Å². The van der Waals surface area contributed by atoms with Crippen LogP contribution in [0.4, 0.5) is 8.78 Å². The summed E-state index contributed by atoms with van der Waals surface area (Å²) in [6.07, 6.45) is -0.384. The van der Waals surface area contributed by atoms with Gasteiger partial charge in [-0.25, -0.2) is 4.79 Å². The first-order chi connectivity index (χ1) is 12.1. The summed E-state index contributed by atoms with van der Waals surface area (Å²) in [6, 6.07) is 0. The van der Waals surface area contributed by atoms with E-state index in [2.05, 4.69) is 9.47 Å². The van der Waals surface area contributed by atoms with Gasteiger partial charge in [0.05, 0.1) is 11.3 Å². The molecule has 0 aromatic carbocycles. The summed E-state index contributed by atoms with van der Waals surface area (Å²) in [7, 11) is 0. The van der Waals surface area contributed by atoms with E-state index in [-0.39, 0.29) is 18.4 Å². The lowest BCUT2D eigenvalue weighted by atomic mass is 9.75. The van der Waals surface area contributed by atoms with E-state index in [0.29, 0.717) is 24.7 Å². The van der Waals surface area contributed by atoms with Gasteiger partial charge in [-0.2, -0.15) is 8.78 Å². The number of halogens is 2. The largest absolute Gasteiger partial charge is 0.504 e. The normalized spacial score (nSPS) is 32.0. The summed E-state index contributed by atoms with van der Waals surface area (Å²) in [5.74, 6) is -2.94. The molecule has 0 N–H and O–H groups in total. The number of carbonyl (C=O) groups is 3. The molecule has 4 rings (SSSR count). The molecule has 2 unspecified atom stereocenters. The Hall–Kier alpha value is -1.73. The van der Waals surface area contributed by atoms with Crippen molar-refractivity contribution in [2.24, 2.45) is 29.1 Å². The van der Waals surface area contributed by atoms with Gasteiger partial charge in [-0.15, -0.1) is 0 Å². The Kier molecular flexibility index (Phi) is 4.96. The zero-order valence-electron chi connectivity index (χ0n) is 15.0. The van der Waals surface area contributed by atoms with Crippen LogP contribution in [0, 0.1) is 29.1 Å². The van der Waals surface area contributed by atoms with Crippen molar-refractivity contribution >= 4 is 17.9 Å². The standard InChI is InChI=1S/C18H24F2O6/c1-10(2)14(21)24-3-4-25-16(23)18(19,20)26-15(22)17-8-11-5-12(9-17)7-13(17)6-11/h10-13H,3-9H2,1-2H3. The first-order valence-corrected chi connectivity index (χ1v) is 9.09. The molecule has 0 aliphatic heterocycles. The Balaban J connectivity index is 1.49. The Labute approximate surface area is 150 Å². The average molecular weight is 374 g/mol. The molecular weight excluding hydrogens is 350 g/mol. The fourth-order valence-corrected chi connectivity index (χ4v) is 4.92. The van der Waals surface area contributed by atoms with E-state index in [1.165, 1.54) is 0 Å². The summed E-state index contributed by atoms with van der Waals surface area (Å²) in [6.45, 7) is 2.37. The molecule has 0 radical (unpaired) electrons. The lowest BCUT2D eigenvalue weighted by Crippen LogP contribution is -2.43. The molecule has 0 heterocycles. The first kappa shape index (κ1) is 19.0. The minimum atomic E-state index is -4.34. The highest BCUT2D eigenvalue weighted by molar-refractivity contribution is 5.84. The van der Waals surface area contributed by atoms with E-state index >= 15 is 0 Å². The molecule has 0 aromatic rings. The second-order valence-corrected chi connectivity index (χ2v) is 8.06. The van der Waals surface area contributed by atoms with Crippen molar-refractivity contribution < 1.29 is 37.4 Å². The monoisotopic (exact) mass is 374 g/mol. The molecular formula is C18H24F2O6. The van der Waals surface area contributed by atoms with Gasteiger partial charge in [0, 0.05) is 0 Å². The molecule has 4 bridgehead atoms. The SMILES string of the molecule is CC(C)C(=O)OCCOC(=O)C(F)(F)OC(=O)C12CC3CC(CC1C3)C2. The van der Waals surface area contributed by atoms with Crippen LogP contribution in [-0.4, -0.2) is 37.2 Å². The molecule has 8 heteroatoms. The van der Waals surface area contributed by atoms with E-state index in [0.717, 1.165) is 19.3 Å². The van der Waals surface area contributed by atoms with Crippen LogP contribution in [0.25, 0.3) is 0 Å². The van der Waals surface area contributed by atoms with E-state index in [4.69, 9.17) is 4.74 Å². The summed E-state index contributed by atoms with van der Waals surface area (Å²) in [4.78, 5) is 35.2. The van der Waals surface area contributed by atoms with Gasteiger partial charge in [-0.1, -0.05) is 13.8 Å². The smallest absolute Gasteiger partial charge is 0.462 e. The molecule has 0 saturated heterocycles. The minimum Gasteiger partial charge on any atom is -0.462 e. The first-order valence-electron chi connectivity index (χ1n) is 9.09. The maximum atomic E-state index is 14.0. The molecule has 0 amide bonds. The van der Waals surface area contributed by atoms with Crippen molar-refractivity contribution in [3.63, 3.8) is 0 Å². The van der Waals surface area contributed by atoms with Gasteiger partial charge in [0.2, 0.25) is 0 Å². The second kappa shape index (κ2) is 6.78. The van der Waals surface area contributed by atoms with Crippen LogP contribution >= 0.6 is 0 Å². The Bertz CT molecular complexity index is 588. The summed E-state index contributed by atoms with van der Waals surface area (Å²) in [5, 5.41) is 0.